The van der Waals surface area contributed by atoms with Crippen LogP contribution in [-0.4, -0.2) is 30.1 Å². The number of nitrogens with one attached hydrogen (secondary N) is 1. The van der Waals surface area contributed by atoms with Crippen LogP contribution in [0.2, 0.25) is 0 Å². The van der Waals surface area contributed by atoms with Gasteiger partial charge in [0.1, 0.15) is 4.75 Å². The summed E-state index contributed by atoms with van der Waals surface area (Å²) in [7, 11) is -3.90. The second-order valence-corrected chi connectivity index (χ2v) is 6.95. The zero-order chi connectivity index (χ0) is 13.7. The Morgan fingerprint density at radius 3 is 2.50 bits per heavy atom. The zero-order valence-corrected chi connectivity index (χ0v) is 10.5. The third-order valence-electron chi connectivity index (χ3n) is 2.98. The molecule has 96 valence electrons. The molecule has 0 radical (unpaired) electrons. The largest absolute Gasteiger partial charge is 0.478 e. The second kappa shape index (κ2) is 3.55. The second-order valence-electron chi connectivity index (χ2n) is 4.48. The molecule has 1 amide bonds. The summed E-state index contributed by atoms with van der Waals surface area (Å²) in [5.74, 6) is -1.85. The van der Waals surface area contributed by atoms with Crippen LogP contribution in [0, 0.1) is 0 Å². The van der Waals surface area contributed by atoms with E-state index in [1.165, 1.54) is 26.0 Å². The first-order chi connectivity index (χ1) is 8.18. The van der Waals surface area contributed by atoms with Gasteiger partial charge in [-0.25, -0.2) is 13.2 Å². The number of hydrogen-bond donors (Lipinski definition) is 2. The van der Waals surface area contributed by atoms with Crippen LogP contribution in [0.5, 0.6) is 0 Å². The van der Waals surface area contributed by atoms with Crippen LogP contribution in [0.3, 0.4) is 0 Å². The predicted molar refractivity (Wildman–Crippen MR) is 63.3 cm³/mol. The molecule has 18 heavy (non-hydrogen) atoms. The quantitative estimate of drug-likeness (QED) is 0.788. The molecule has 0 saturated carbocycles. The molecule has 0 aliphatic carbocycles. The maximum Gasteiger partial charge on any atom is 0.335 e. The molecule has 0 unspecified atom stereocenters. The molecule has 1 aromatic carbocycles. The van der Waals surface area contributed by atoms with Gasteiger partial charge in [-0.3, -0.25) is 4.79 Å². The van der Waals surface area contributed by atoms with E-state index in [1.807, 2.05) is 0 Å². The molecule has 7 heteroatoms. The van der Waals surface area contributed by atoms with Gasteiger partial charge < -0.3 is 10.4 Å². The van der Waals surface area contributed by atoms with Crippen molar-refractivity contribution in [1.82, 2.24) is 0 Å². The van der Waals surface area contributed by atoms with Gasteiger partial charge in [-0.2, -0.15) is 0 Å². The van der Waals surface area contributed by atoms with Crippen molar-refractivity contribution in [2.24, 2.45) is 0 Å². The fraction of sp³-hybridized carbons (Fsp3) is 0.273. The summed E-state index contributed by atoms with van der Waals surface area (Å²) >= 11 is 0. The van der Waals surface area contributed by atoms with Crippen molar-refractivity contribution in [2.75, 3.05) is 5.32 Å². The summed E-state index contributed by atoms with van der Waals surface area (Å²) in [6.45, 7) is 2.57. The van der Waals surface area contributed by atoms with Crippen molar-refractivity contribution in [3.63, 3.8) is 0 Å². The third kappa shape index (κ3) is 1.51. The Balaban J connectivity index is 2.76. The molecule has 0 bridgehead atoms. The first-order valence-electron chi connectivity index (χ1n) is 5.11. The summed E-state index contributed by atoms with van der Waals surface area (Å²) in [6.07, 6.45) is 0. The Labute approximate surface area is 104 Å². The summed E-state index contributed by atoms with van der Waals surface area (Å²) < 4.78 is 22.9. The van der Waals surface area contributed by atoms with Crippen molar-refractivity contribution in [3.8, 4) is 0 Å². The Morgan fingerprint density at radius 1 is 1.33 bits per heavy atom. The molecule has 0 fully saturated rings. The molecule has 1 aliphatic heterocycles. The number of carboxylic acid groups (broad SMARTS) is 1. The highest BCUT2D eigenvalue weighted by molar-refractivity contribution is 7.94. The van der Waals surface area contributed by atoms with E-state index in [1.54, 1.807) is 0 Å². The SMILES string of the molecule is CC1(C)C(=O)Nc2ccc(C(=O)O)cc2S1(=O)=O. The van der Waals surface area contributed by atoms with Crippen LogP contribution in [0.15, 0.2) is 23.1 Å². The van der Waals surface area contributed by atoms with E-state index in [4.69, 9.17) is 5.11 Å². The first-order valence-corrected chi connectivity index (χ1v) is 6.59. The van der Waals surface area contributed by atoms with E-state index >= 15 is 0 Å². The number of fused-ring (bicyclic) bond motifs is 1. The standard InChI is InChI=1S/C11H11NO5S/c1-11(2)10(15)12-7-4-3-6(9(13)14)5-8(7)18(11,16)17/h3-5H,1-2H3,(H,12,15)(H,13,14). The van der Waals surface area contributed by atoms with Gasteiger partial charge in [-0.05, 0) is 32.0 Å². The van der Waals surface area contributed by atoms with Crippen LogP contribution in [0.1, 0.15) is 24.2 Å². The Hall–Kier alpha value is -1.89. The highest BCUT2D eigenvalue weighted by Crippen LogP contribution is 2.36. The van der Waals surface area contributed by atoms with Gasteiger partial charge >= 0.3 is 5.97 Å². The monoisotopic (exact) mass is 269 g/mol. The number of amides is 1. The molecule has 0 aromatic heterocycles. The lowest BCUT2D eigenvalue weighted by molar-refractivity contribution is -0.118. The van der Waals surface area contributed by atoms with Gasteiger partial charge in [-0.15, -0.1) is 0 Å². The number of anilines is 1. The summed E-state index contributed by atoms with van der Waals surface area (Å²) in [5.41, 5.74) is -0.0198. The molecule has 1 aliphatic rings. The number of hydrogen-bond acceptors (Lipinski definition) is 4. The average Bonchev–Trinajstić information content (AvgIpc) is 2.27. The lowest BCUT2D eigenvalue weighted by atomic mass is 10.1. The normalized spacial score (nSPS) is 19.8. The minimum absolute atomic E-state index is 0.115. The van der Waals surface area contributed by atoms with Gasteiger partial charge in [0.2, 0.25) is 5.91 Å². The predicted octanol–water partition coefficient (Wildman–Crippen LogP) is 0.889. The van der Waals surface area contributed by atoms with Crippen LogP contribution in [0.4, 0.5) is 5.69 Å². The maximum absolute atomic E-state index is 12.3. The fourth-order valence-electron chi connectivity index (χ4n) is 1.65. The minimum Gasteiger partial charge on any atom is -0.478 e. The average molecular weight is 269 g/mol. The highest BCUT2D eigenvalue weighted by Gasteiger charge is 2.47. The summed E-state index contributed by atoms with van der Waals surface area (Å²) in [5, 5.41) is 11.3. The number of carbonyl (C=O) groups excluding carboxylic acids is 1. The molecule has 0 saturated heterocycles. The molecule has 1 aromatic rings. The summed E-state index contributed by atoms with van der Waals surface area (Å²) in [6, 6.07) is 3.59. The molecular formula is C11H11NO5S. The Morgan fingerprint density at radius 2 is 1.94 bits per heavy atom. The van der Waals surface area contributed by atoms with Gasteiger partial charge in [0.15, 0.2) is 9.84 Å². The lowest BCUT2D eigenvalue weighted by Gasteiger charge is -2.30. The molecular weight excluding hydrogens is 258 g/mol. The van der Waals surface area contributed by atoms with Crippen molar-refractivity contribution < 1.29 is 23.1 Å². The maximum atomic E-state index is 12.3. The smallest absolute Gasteiger partial charge is 0.335 e. The van der Waals surface area contributed by atoms with E-state index in [9.17, 15) is 18.0 Å². The van der Waals surface area contributed by atoms with Crippen LogP contribution < -0.4 is 5.32 Å². The molecule has 2 rings (SSSR count). The minimum atomic E-state index is -3.90. The Kier molecular flexibility index (Phi) is 2.48. The van der Waals surface area contributed by atoms with Crippen LogP contribution >= 0.6 is 0 Å². The molecule has 6 nitrogen and oxygen atoms in total. The van der Waals surface area contributed by atoms with E-state index in [-0.39, 0.29) is 16.1 Å². The van der Waals surface area contributed by atoms with Crippen LogP contribution in [0.25, 0.3) is 0 Å². The van der Waals surface area contributed by atoms with E-state index < -0.39 is 26.5 Å². The number of carbonyl (C=O) groups is 2. The summed E-state index contributed by atoms with van der Waals surface area (Å²) in [4.78, 5) is 22.4. The van der Waals surface area contributed by atoms with Crippen molar-refractivity contribution in [2.45, 2.75) is 23.5 Å². The van der Waals surface area contributed by atoms with Gasteiger partial charge in [0, 0.05) is 0 Å². The molecule has 0 spiro atoms. The number of benzene rings is 1. The number of sulfone groups is 1. The number of aromatic carboxylic acids is 1. The number of rotatable bonds is 1. The van der Waals surface area contributed by atoms with Crippen molar-refractivity contribution >= 4 is 27.4 Å². The Bertz CT molecular complexity index is 660. The zero-order valence-electron chi connectivity index (χ0n) is 9.72. The van der Waals surface area contributed by atoms with Crippen molar-refractivity contribution in [1.29, 1.82) is 0 Å². The van der Waals surface area contributed by atoms with E-state index in [2.05, 4.69) is 5.32 Å². The van der Waals surface area contributed by atoms with Gasteiger partial charge in [0.05, 0.1) is 16.1 Å². The molecule has 1 heterocycles. The first kappa shape index (κ1) is 12.6. The topological polar surface area (TPSA) is 101 Å². The van der Waals surface area contributed by atoms with Gasteiger partial charge in [-0.1, -0.05) is 0 Å². The molecule has 2 N–H and O–H groups in total. The third-order valence-corrected chi connectivity index (χ3v) is 5.43. The van der Waals surface area contributed by atoms with E-state index in [0.717, 1.165) is 6.07 Å². The highest BCUT2D eigenvalue weighted by atomic mass is 32.2. The number of carboxylic acids is 1. The lowest BCUT2D eigenvalue weighted by Crippen LogP contribution is -2.48. The van der Waals surface area contributed by atoms with Crippen molar-refractivity contribution in [3.05, 3.63) is 23.8 Å². The van der Waals surface area contributed by atoms with E-state index in [0.29, 0.717) is 0 Å². The molecule has 0 atom stereocenters. The van der Waals surface area contributed by atoms with Crippen LogP contribution in [-0.2, 0) is 14.6 Å². The van der Waals surface area contributed by atoms with Gasteiger partial charge in [0.25, 0.3) is 0 Å². The fourth-order valence-corrected chi connectivity index (χ4v) is 3.19.